The average Bonchev–Trinajstić information content (AvgIpc) is 2.94. The summed E-state index contributed by atoms with van der Waals surface area (Å²) < 4.78 is 55.9. The van der Waals surface area contributed by atoms with Crippen LogP contribution in [0.3, 0.4) is 0 Å². The molecule has 0 aromatic heterocycles. The van der Waals surface area contributed by atoms with Gasteiger partial charge in [-0.2, -0.15) is 4.39 Å². The number of hydrogen-bond acceptors (Lipinski definition) is 2. The molecule has 4 rings (SSSR count). The topological polar surface area (TPSA) is 18.5 Å². The minimum atomic E-state index is -0.975. The fourth-order valence-corrected chi connectivity index (χ4v) is 5.01. The lowest BCUT2D eigenvalue weighted by Gasteiger charge is -2.29. The van der Waals surface area contributed by atoms with Gasteiger partial charge < -0.3 is 9.47 Å². The van der Waals surface area contributed by atoms with Gasteiger partial charge in [0.1, 0.15) is 5.82 Å². The number of hydrogen-bond donors (Lipinski definition) is 0. The first-order valence-electron chi connectivity index (χ1n) is 13.8. The van der Waals surface area contributed by atoms with E-state index in [1.165, 1.54) is 12.1 Å². The van der Waals surface area contributed by atoms with E-state index >= 15 is 4.39 Å². The van der Waals surface area contributed by atoms with Gasteiger partial charge in [0.15, 0.2) is 11.6 Å². The Bertz CT molecular complexity index is 1210. The van der Waals surface area contributed by atoms with E-state index in [-0.39, 0.29) is 29.2 Å². The molecule has 1 saturated heterocycles. The molecule has 0 N–H and O–H groups in total. The van der Waals surface area contributed by atoms with E-state index in [1.54, 1.807) is 30.3 Å². The maximum Gasteiger partial charge on any atom is 0.201 e. The maximum atomic E-state index is 15.1. The number of rotatable bonds is 11. The second-order valence-corrected chi connectivity index (χ2v) is 9.98. The monoisotopic (exact) mass is 522 g/mol. The molecule has 0 radical (unpaired) electrons. The van der Waals surface area contributed by atoms with Crippen molar-refractivity contribution in [2.24, 2.45) is 0 Å². The minimum Gasteiger partial charge on any atom is -0.490 e. The van der Waals surface area contributed by atoms with Gasteiger partial charge in [0.25, 0.3) is 0 Å². The molecule has 1 aliphatic heterocycles. The van der Waals surface area contributed by atoms with E-state index in [0.717, 1.165) is 56.1 Å². The van der Waals surface area contributed by atoms with Crippen molar-refractivity contribution in [1.82, 2.24) is 0 Å². The Hall–Kier alpha value is -3.05. The van der Waals surface area contributed by atoms with Crippen LogP contribution < -0.4 is 4.74 Å². The third-order valence-corrected chi connectivity index (χ3v) is 7.28. The van der Waals surface area contributed by atoms with E-state index in [0.29, 0.717) is 24.3 Å². The van der Waals surface area contributed by atoms with Crippen molar-refractivity contribution in [2.45, 2.75) is 70.8 Å². The lowest BCUT2D eigenvalue weighted by molar-refractivity contribution is -0.000797. The molecule has 0 spiro atoms. The van der Waals surface area contributed by atoms with Crippen molar-refractivity contribution in [2.75, 3.05) is 13.2 Å². The molecule has 0 aliphatic carbocycles. The fraction of sp³-hybridized carbons (Fsp3) is 0.394. The molecule has 1 heterocycles. The van der Waals surface area contributed by atoms with Crippen LogP contribution >= 0.6 is 0 Å². The summed E-state index contributed by atoms with van der Waals surface area (Å²) in [4.78, 5) is 0. The van der Waals surface area contributed by atoms with Gasteiger partial charge in [-0.15, -0.1) is 0 Å². The van der Waals surface area contributed by atoms with Gasteiger partial charge in [-0.3, -0.25) is 0 Å². The summed E-state index contributed by atoms with van der Waals surface area (Å²) >= 11 is 0. The number of unbranched alkanes of at least 4 members (excludes halogenated alkanes) is 2. The van der Waals surface area contributed by atoms with Crippen LogP contribution in [0.2, 0.25) is 0 Å². The molecular weight excluding hydrogens is 485 g/mol. The van der Waals surface area contributed by atoms with Gasteiger partial charge in [-0.05, 0) is 79.5 Å². The molecule has 2 atom stereocenters. The standard InChI is InChI=1S/C33H37F3O2/c1-3-5-7-9-27-16-14-26(22-38-27)28-17-15-25(21-30(28)34)23-10-12-24(13-11-23)29-18-19-31(33(36)32(29)35)37-20-8-6-4-2/h3,5,10-13,15,17-19,21,26-27H,4,6-9,14,16,20,22H2,1-2H3/b5-3+. The fourth-order valence-electron chi connectivity index (χ4n) is 5.01. The Kier molecular flexibility index (Phi) is 10.1. The van der Waals surface area contributed by atoms with Gasteiger partial charge in [-0.1, -0.05) is 68.3 Å². The second kappa shape index (κ2) is 13.7. The Morgan fingerprint density at radius 2 is 1.66 bits per heavy atom. The first kappa shape index (κ1) is 28.0. The molecule has 3 aromatic carbocycles. The SMILES string of the molecule is C/C=C/CCC1CCC(c2ccc(-c3ccc(-c4ccc(OCCCCC)c(F)c4F)cc3)cc2F)CO1. The summed E-state index contributed by atoms with van der Waals surface area (Å²) in [5, 5.41) is 0. The smallest absolute Gasteiger partial charge is 0.201 e. The summed E-state index contributed by atoms with van der Waals surface area (Å²) in [5.41, 5.74) is 2.94. The van der Waals surface area contributed by atoms with E-state index in [2.05, 4.69) is 19.1 Å². The van der Waals surface area contributed by atoms with Crippen molar-refractivity contribution in [1.29, 1.82) is 0 Å². The molecule has 38 heavy (non-hydrogen) atoms. The molecular formula is C33H37F3O2. The zero-order valence-electron chi connectivity index (χ0n) is 22.3. The summed E-state index contributed by atoms with van der Waals surface area (Å²) in [6.07, 6.45) is 11.1. The first-order valence-corrected chi connectivity index (χ1v) is 13.8. The number of benzene rings is 3. The Labute approximate surface area is 224 Å². The van der Waals surface area contributed by atoms with Gasteiger partial charge >= 0.3 is 0 Å². The number of allylic oxidation sites excluding steroid dienone is 2. The van der Waals surface area contributed by atoms with Gasteiger partial charge in [0.2, 0.25) is 5.82 Å². The normalized spacial score (nSPS) is 17.7. The molecule has 2 unspecified atom stereocenters. The summed E-state index contributed by atoms with van der Waals surface area (Å²) in [6, 6.07) is 15.4. The zero-order chi connectivity index (χ0) is 26.9. The van der Waals surface area contributed by atoms with Gasteiger partial charge in [0, 0.05) is 11.5 Å². The highest BCUT2D eigenvalue weighted by atomic mass is 19.2. The predicted octanol–water partition coefficient (Wildman–Crippen LogP) is 9.63. The Morgan fingerprint density at radius 3 is 2.34 bits per heavy atom. The Balaban J connectivity index is 1.41. The van der Waals surface area contributed by atoms with E-state index in [1.807, 2.05) is 19.1 Å². The molecule has 3 aromatic rings. The Morgan fingerprint density at radius 1 is 0.895 bits per heavy atom. The van der Waals surface area contributed by atoms with Crippen LogP contribution in [-0.4, -0.2) is 19.3 Å². The van der Waals surface area contributed by atoms with Crippen LogP contribution in [0.5, 0.6) is 5.75 Å². The molecule has 1 fully saturated rings. The van der Waals surface area contributed by atoms with E-state index in [4.69, 9.17) is 9.47 Å². The van der Waals surface area contributed by atoms with Crippen LogP contribution in [0, 0.1) is 17.5 Å². The number of halogens is 3. The van der Waals surface area contributed by atoms with Crippen LogP contribution in [-0.2, 0) is 4.74 Å². The molecule has 0 amide bonds. The highest BCUT2D eigenvalue weighted by Crippen LogP contribution is 2.35. The highest BCUT2D eigenvalue weighted by Gasteiger charge is 2.25. The molecule has 202 valence electrons. The quantitative estimate of drug-likeness (QED) is 0.184. The lowest BCUT2D eigenvalue weighted by Crippen LogP contribution is -2.25. The lowest BCUT2D eigenvalue weighted by atomic mass is 9.89. The third kappa shape index (κ3) is 6.87. The van der Waals surface area contributed by atoms with Crippen molar-refractivity contribution < 1.29 is 22.6 Å². The van der Waals surface area contributed by atoms with Crippen LogP contribution in [0.25, 0.3) is 22.3 Å². The average molecular weight is 523 g/mol. The first-order chi connectivity index (χ1) is 18.5. The summed E-state index contributed by atoms with van der Waals surface area (Å²) in [5.74, 6) is -2.16. The van der Waals surface area contributed by atoms with Gasteiger partial charge in [-0.25, -0.2) is 8.78 Å². The second-order valence-electron chi connectivity index (χ2n) is 9.98. The predicted molar refractivity (Wildman–Crippen MR) is 148 cm³/mol. The van der Waals surface area contributed by atoms with Crippen LogP contribution in [0.4, 0.5) is 13.2 Å². The van der Waals surface area contributed by atoms with E-state index in [9.17, 15) is 8.78 Å². The molecule has 1 aliphatic rings. The van der Waals surface area contributed by atoms with Crippen LogP contribution in [0.15, 0.2) is 66.7 Å². The zero-order valence-corrected chi connectivity index (χ0v) is 22.3. The van der Waals surface area contributed by atoms with Crippen molar-refractivity contribution >= 4 is 0 Å². The highest BCUT2D eigenvalue weighted by molar-refractivity contribution is 5.71. The van der Waals surface area contributed by atoms with E-state index < -0.39 is 11.6 Å². The largest absolute Gasteiger partial charge is 0.490 e. The minimum absolute atomic E-state index is 0.0564. The van der Waals surface area contributed by atoms with Crippen molar-refractivity contribution in [3.8, 4) is 28.0 Å². The molecule has 5 heteroatoms. The van der Waals surface area contributed by atoms with Crippen molar-refractivity contribution in [3.63, 3.8) is 0 Å². The molecule has 2 nitrogen and oxygen atoms in total. The third-order valence-electron chi connectivity index (χ3n) is 7.28. The summed E-state index contributed by atoms with van der Waals surface area (Å²) in [7, 11) is 0. The molecule has 0 saturated carbocycles. The summed E-state index contributed by atoms with van der Waals surface area (Å²) in [6.45, 7) is 4.99. The van der Waals surface area contributed by atoms with Crippen LogP contribution in [0.1, 0.15) is 70.3 Å². The number of ether oxygens (including phenoxy) is 2. The van der Waals surface area contributed by atoms with Gasteiger partial charge in [0.05, 0.1) is 19.3 Å². The molecule has 0 bridgehead atoms. The van der Waals surface area contributed by atoms with Crippen molar-refractivity contribution in [3.05, 3.63) is 89.8 Å². The maximum absolute atomic E-state index is 15.1.